The van der Waals surface area contributed by atoms with E-state index in [1.54, 1.807) is 0 Å². The fourth-order valence-corrected chi connectivity index (χ4v) is 3.44. The van der Waals surface area contributed by atoms with E-state index in [9.17, 15) is 4.79 Å². The molecule has 2 rings (SSSR count). The molecule has 4 unspecified atom stereocenters. The largest absolute Gasteiger partial charge is 0.328 e. The summed E-state index contributed by atoms with van der Waals surface area (Å²) in [4.78, 5) is 14.4. The van der Waals surface area contributed by atoms with Crippen LogP contribution in [0, 0.1) is 17.8 Å². The van der Waals surface area contributed by atoms with Crippen LogP contribution in [-0.2, 0) is 4.79 Å². The topological polar surface area (TPSA) is 32.3 Å². The fraction of sp³-hybridized carbons (Fsp3) is 0.933. The molecule has 3 heteroatoms. The molecule has 0 aromatic carbocycles. The highest BCUT2D eigenvalue weighted by Crippen LogP contribution is 2.30. The standard InChI is InChI=1S/C15H28N2O/c1-4-12(3)14-15(18)17(10-16-14)9-13-7-5-6-11(2)8-13/h11-14,16H,4-10H2,1-3H3. The molecule has 0 aromatic rings. The number of carbonyl (C=O) groups is 1. The molecule has 0 bridgehead atoms. The highest BCUT2D eigenvalue weighted by molar-refractivity contribution is 5.84. The summed E-state index contributed by atoms with van der Waals surface area (Å²) in [7, 11) is 0. The Bertz CT molecular complexity index is 292. The van der Waals surface area contributed by atoms with Crippen molar-refractivity contribution in [3.63, 3.8) is 0 Å². The van der Waals surface area contributed by atoms with Gasteiger partial charge in [-0.3, -0.25) is 10.1 Å². The van der Waals surface area contributed by atoms with Crippen LogP contribution in [-0.4, -0.2) is 30.1 Å². The molecule has 2 aliphatic rings. The lowest BCUT2D eigenvalue weighted by molar-refractivity contribution is -0.130. The predicted molar refractivity (Wildman–Crippen MR) is 74.1 cm³/mol. The molecule has 0 spiro atoms. The van der Waals surface area contributed by atoms with Crippen molar-refractivity contribution in [2.45, 2.75) is 58.9 Å². The molecule has 0 radical (unpaired) electrons. The highest BCUT2D eigenvalue weighted by Gasteiger charge is 2.35. The molecule has 1 aliphatic carbocycles. The molecule has 1 amide bonds. The normalized spacial score (nSPS) is 34.9. The van der Waals surface area contributed by atoms with Crippen LogP contribution in [0.3, 0.4) is 0 Å². The van der Waals surface area contributed by atoms with Gasteiger partial charge in [-0.15, -0.1) is 0 Å². The quantitative estimate of drug-likeness (QED) is 0.834. The summed E-state index contributed by atoms with van der Waals surface area (Å²) in [6.07, 6.45) is 6.39. The number of amides is 1. The van der Waals surface area contributed by atoms with Gasteiger partial charge in [0.15, 0.2) is 0 Å². The van der Waals surface area contributed by atoms with Crippen molar-refractivity contribution in [1.82, 2.24) is 10.2 Å². The van der Waals surface area contributed by atoms with E-state index in [0.29, 0.717) is 11.8 Å². The Morgan fingerprint density at radius 1 is 1.44 bits per heavy atom. The lowest BCUT2D eigenvalue weighted by Gasteiger charge is -2.30. The van der Waals surface area contributed by atoms with E-state index in [1.165, 1.54) is 25.7 Å². The van der Waals surface area contributed by atoms with Gasteiger partial charge < -0.3 is 4.90 Å². The smallest absolute Gasteiger partial charge is 0.241 e. The molecule has 18 heavy (non-hydrogen) atoms. The molecule has 1 saturated heterocycles. The Kier molecular flexibility index (Phi) is 4.66. The van der Waals surface area contributed by atoms with Crippen LogP contribution in [0.4, 0.5) is 0 Å². The highest BCUT2D eigenvalue weighted by atomic mass is 16.2. The SMILES string of the molecule is CCC(C)C1NCN(CC2CCCC(C)C2)C1=O. The maximum absolute atomic E-state index is 12.3. The zero-order valence-electron chi connectivity index (χ0n) is 12.1. The second kappa shape index (κ2) is 6.05. The van der Waals surface area contributed by atoms with Crippen molar-refractivity contribution in [2.24, 2.45) is 17.8 Å². The van der Waals surface area contributed by atoms with Gasteiger partial charge in [-0.2, -0.15) is 0 Å². The Hall–Kier alpha value is -0.570. The van der Waals surface area contributed by atoms with Gasteiger partial charge in [-0.05, 0) is 30.6 Å². The molecule has 1 saturated carbocycles. The molecule has 1 N–H and O–H groups in total. The van der Waals surface area contributed by atoms with Gasteiger partial charge >= 0.3 is 0 Å². The van der Waals surface area contributed by atoms with Gasteiger partial charge in [0.25, 0.3) is 0 Å². The lowest BCUT2D eigenvalue weighted by Crippen LogP contribution is -2.37. The first kappa shape index (κ1) is 13.9. The third-order valence-electron chi connectivity index (χ3n) is 4.82. The fourth-order valence-electron chi connectivity index (χ4n) is 3.44. The number of nitrogens with one attached hydrogen (secondary N) is 1. The van der Waals surface area contributed by atoms with Crippen LogP contribution in [0.25, 0.3) is 0 Å². The van der Waals surface area contributed by atoms with Crippen molar-refractivity contribution in [3.8, 4) is 0 Å². The van der Waals surface area contributed by atoms with Crippen LogP contribution in [0.15, 0.2) is 0 Å². The minimum Gasteiger partial charge on any atom is -0.328 e. The van der Waals surface area contributed by atoms with E-state index in [2.05, 4.69) is 31.0 Å². The van der Waals surface area contributed by atoms with Crippen LogP contribution < -0.4 is 5.32 Å². The number of carbonyl (C=O) groups excluding carboxylic acids is 1. The molecule has 1 aliphatic heterocycles. The molecule has 2 fully saturated rings. The minimum atomic E-state index is 0.0658. The molecule has 0 aromatic heterocycles. The zero-order chi connectivity index (χ0) is 13.1. The van der Waals surface area contributed by atoms with Gasteiger partial charge in [0.2, 0.25) is 5.91 Å². The van der Waals surface area contributed by atoms with Crippen LogP contribution >= 0.6 is 0 Å². The Labute approximate surface area is 111 Å². The van der Waals surface area contributed by atoms with Gasteiger partial charge in [0.1, 0.15) is 0 Å². The Balaban J connectivity index is 1.85. The second-order valence-corrected chi connectivity index (χ2v) is 6.42. The van der Waals surface area contributed by atoms with Crippen LogP contribution in [0.1, 0.15) is 52.9 Å². The van der Waals surface area contributed by atoms with E-state index in [0.717, 1.165) is 31.5 Å². The Morgan fingerprint density at radius 2 is 2.22 bits per heavy atom. The van der Waals surface area contributed by atoms with E-state index in [-0.39, 0.29) is 6.04 Å². The van der Waals surface area contributed by atoms with Crippen LogP contribution in [0.5, 0.6) is 0 Å². The van der Waals surface area contributed by atoms with Crippen molar-refractivity contribution in [3.05, 3.63) is 0 Å². The summed E-state index contributed by atoms with van der Waals surface area (Å²) < 4.78 is 0. The van der Waals surface area contributed by atoms with E-state index in [4.69, 9.17) is 0 Å². The average Bonchev–Trinajstić information content (AvgIpc) is 2.70. The summed E-state index contributed by atoms with van der Waals surface area (Å²) in [5, 5.41) is 3.38. The summed E-state index contributed by atoms with van der Waals surface area (Å²) in [6.45, 7) is 8.41. The van der Waals surface area contributed by atoms with Gasteiger partial charge in [0, 0.05) is 6.54 Å². The third-order valence-corrected chi connectivity index (χ3v) is 4.82. The van der Waals surface area contributed by atoms with Gasteiger partial charge in [-0.1, -0.05) is 40.0 Å². The third kappa shape index (κ3) is 3.05. The van der Waals surface area contributed by atoms with E-state index >= 15 is 0 Å². The zero-order valence-corrected chi connectivity index (χ0v) is 12.1. The molecular weight excluding hydrogens is 224 g/mol. The van der Waals surface area contributed by atoms with Gasteiger partial charge in [0.05, 0.1) is 12.7 Å². The number of hydrogen-bond acceptors (Lipinski definition) is 2. The molecule has 104 valence electrons. The monoisotopic (exact) mass is 252 g/mol. The maximum Gasteiger partial charge on any atom is 0.241 e. The molecule has 1 heterocycles. The predicted octanol–water partition coefficient (Wildman–Crippen LogP) is 2.62. The molecule has 3 nitrogen and oxygen atoms in total. The second-order valence-electron chi connectivity index (χ2n) is 6.42. The summed E-state index contributed by atoms with van der Waals surface area (Å²) in [6, 6.07) is 0.0658. The number of nitrogens with zero attached hydrogens (tertiary/aromatic N) is 1. The average molecular weight is 252 g/mol. The summed E-state index contributed by atoms with van der Waals surface area (Å²) in [5.41, 5.74) is 0. The number of rotatable bonds is 4. The molecule has 4 atom stereocenters. The molecular formula is C15H28N2O. The first-order valence-corrected chi connectivity index (χ1v) is 7.64. The van der Waals surface area contributed by atoms with E-state index in [1.807, 2.05) is 0 Å². The van der Waals surface area contributed by atoms with Gasteiger partial charge in [-0.25, -0.2) is 0 Å². The first-order valence-electron chi connectivity index (χ1n) is 7.64. The van der Waals surface area contributed by atoms with E-state index < -0.39 is 0 Å². The summed E-state index contributed by atoms with van der Waals surface area (Å²) >= 11 is 0. The van der Waals surface area contributed by atoms with Crippen molar-refractivity contribution >= 4 is 5.91 Å². The first-order chi connectivity index (χ1) is 8.61. The summed E-state index contributed by atoms with van der Waals surface area (Å²) in [5.74, 6) is 2.37. The lowest BCUT2D eigenvalue weighted by atomic mass is 9.82. The van der Waals surface area contributed by atoms with Crippen molar-refractivity contribution < 1.29 is 4.79 Å². The van der Waals surface area contributed by atoms with Crippen molar-refractivity contribution in [2.75, 3.05) is 13.2 Å². The van der Waals surface area contributed by atoms with Crippen LogP contribution in [0.2, 0.25) is 0 Å². The minimum absolute atomic E-state index is 0.0658. The number of hydrogen-bond donors (Lipinski definition) is 1. The Morgan fingerprint density at radius 3 is 2.89 bits per heavy atom. The van der Waals surface area contributed by atoms with Crippen molar-refractivity contribution in [1.29, 1.82) is 0 Å². The maximum atomic E-state index is 12.3.